The van der Waals surface area contributed by atoms with E-state index in [1.807, 2.05) is 6.92 Å². The van der Waals surface area contributed by atoms with Gasteiger partial charge in [-0.3, -0.25) is 0 Å². The molecule has 7 heavy (non-hydrogen) atoms. The Morgan fingerprint density at radius 1 is 1.71 bits per heavy atom. The Bertz CT molecular complexity index is 94.6. The van der Waals surface area contributed by atoms with E-state index in [1.54, 1.807) is 6.08 Å². The van der Waals surface area contributed by atoms with Crippen molar-refractivity contribution in [1.82, 2.24) is 0 Å². The lowest BCUT2D eigenvalue weighted by Crippen LogP contribution is -2.05. The van der Waals surface area contributed by atoms with Crippen molar-refractivity contribution in [3.05, 3.63) is 17.6 Å². The number of rotatable bonds is 1. The molecule has 0 rings (SSSR count). The Balaban J connectivity index is 3.62. The van der Waals surface area contributed by atoms with E-state index in [4.69, 9.17) is 11.5 Å². The summed E-state index contributed by atoms with van der Waals surface area (Å²) in [6.07, 6.45) is 2.72. The van der Waals surface area contributed by atoms with Gasteiger partial charge in [0, 0.05) is 0 Å². The van der Waals surface area contributed by atoms with Crippen molar-refractivity contribution < 1.29 is 0 Å². The number of allylic oxidation sites excluding steroid dienone is 1. The highest BCUT2D eigenvalue weighted by Gasteiger charge is 1.63. The molecule has 2 heteroatoms. The number of hydrogen-bond donors (Lipinski definition) is 2. The SMILES string of the molecule is CCC=C=C(N)N. The van der Waals surface area contributed by atoms with Crippen molar-refractivity contribution in [1.29, 1.82) is 0 Å². The molecular formula is C5H10N2. The summed E-state index contributed by atoms with van der Waals surface area (Å²) in [7, 11) is 0. The Morgan fingerprint density at radius 3 is 2.43 bits per heavy atom. The Labute approximate surface area is 43.5 Å². The van der Waals surface area contributed by atoms with Gasteiger partial charge in [-0.2, -0.15) is 0 Å². The van der Waals surface area contributed by atoms with Gasteiger partial charge in [0.1, 0.15) is 5.82 Å². The van der Waals surface area contributed by atoms with Crippen LogP contribution in [0.2, 0.25) is 0 Å². The maximum atomic E-state index is 5.03. The van der Waals surface area contributed by atoms with E-state index >= 15 is 0 Å². The summed E-state index contributed by atoms with van der Waals surface area (Å²) < 4.78 is 0. The van der Waals surface area contributed by atoms with Crippen molar-refractivity contribution >= 4 is 0 Å². The highest BCUT2D eigenvalue weighted by molar-refractivity contribution is 4.90. The van der Waals surface area contributed by atoms with E-state index in [-0.39, 0.29) is 5.82 Å². The van der Waals surface area contributed by atoms with Crippen molar-refractivity contribution in [3.63, 3.8) is 0 Å². The summed E-state index contributed by atoms with van der Waals surface area (Å²) in [6, 6.07) is 0. The molecule has 0 aromatic rings. The van der Waals surface area contributed by atoms with Gasteiger partial charge in [0.2, 0.25) is 0 Å². The standard InChI is InChI=1S/C5H10N2/c1-2-3-4-5(6)7/h3H,2,6-7H2,1H3. The van der Waals surface area contributed by atoms with Crippen LogP contribution in [0.5, 0.6) is 0 Å². The molecule has 40 valence electrons. The Kier molecular flexibility index (Phi) is 2.90. The van der Waals surface area contributed by atoms with Crippen LogP contribution in [0.4, 0.5) is 0 Å². The molecule has 4 N–H and O–H groups in total. The average molecular weight is 98.1 g/mol. The minimum absolute atomic E-state index is 0.252. The average Bonchev–Trinajstić information content (AvgIpc) is 1.61. The molecule has 0 saturated heterocycles. The summed E-state index contributed by atoms with van der Waals surface area (Å²) >= 11 is 0. The number of nitrogens with two attached hydrogens (primary N) is 2. The molecule has 2 nitrogen and oxygen atoms in total. The summed E-state index contributed by atoms with van der Waals surface area (Å²) in [4.78, 5) is 0. The van der Waals surface area contributed by atoms with Gasteiger partial charge in [-0.05, 0) is 12.5 Å². The molecule has 0 atom stereocenters. The van der Waals surface area contributed by atoms with E-state index in [0.717, 1.165) is 6.42 Å². The van der Waals surface area contributed by atoms with Crippen molar-refractivity contribution in [2.45, 2.75) is 13.3 Å². The predicted molar refractivity (Wildman–Crippen MR) is 30.3 cm³/mol. The van der Waals surface area contributed by atoms with Gasteiger partial charge >= 0.3 is 0 Å². The van der Waals surface area contributed by atoms with Crippen LogP contribution in [0.1, 0.15) is 13.3 Å². The molecule has 0 aromatic carbocycles. The van der Waals surface area contributed by atoms with Gasteiger partial charge in [0.15, 0.2) is 0 Å². The summed E-state index contributed by atoms with van der Waals surface area (Å²) in [6.45, 7) is 2.00. The first kappa shape index (κ1) is 6.12. The summed E-state index contributed by atoms with van der Waals surface area (Å²) in [5, 5.41) is 0. The van der Waals surface area contributed by atoms with Crippen molar-refractivity contribution in [3.8, 4) is 0 Å². The zero-order valence-corrected chi connectivity index (χ0v) is 4.44. The molecule has 0 unspecified atom stereocenters. The first-order valence-corrected chi connectivity index (χ1v) is 2.23. The molecule has 0 saturated carbocycles. The fraction of sp³-hybridized carbons (Fsp3) is 0.400. The van der Waals surface area contributed by atoms with Crippen LogP contribution in [-0.4, -0.2) is 0 Å². The molecule has 0 bridgehead atoms. The quantitative estimate of drug-likeness (QED) is 0.464. The predicted octanol–water partition coefficient (Wildman–Crippen LogP) is 0.310. The van der Waals surface area contributed by atoms with Gasteiger partial charge in [0.05, 0.1) is 0 Å². The molecule has 0 fully saturated rings. The first-order chi connectivity index (χ1) is 3.27. The van der Waals surface area contributed by atoms with E-state index in [1.165, 1.54) is 0 Å². The van der Waals surface area contributed by atoms with Gasteiger partial charge < -0.3 is 11.5 Å². The smallest absolute Gasteiger partial charge is 0.138 e. The highest BCUT2D eigenvalue weighted by atomic mass is 14.8. The fourth-order valence-electron chi connectivity index (χ4n) is 0.220. The largest absolute Gasteiger partial charge is 0.379 e. The van der Waals surface area contributed by atoms with Crippen LogP contribution in [0, 0.1) is 0 Å². The van der Waals surface area contributed by atoms with Crippen molar-refractivity contribution in [2.24, 2.45) is 11.5 Å². The maximum absolute atomic E-state index is 5.03. The van der Waals surface area contributed by atoms with Crippen molar-refractivity contribution in [2.75, 3.05) is 0 Å². The lowest BCUT2D eigenvalue weighted by molar-refractivity contribution is 1.20. The second-order valence-corrected chi connectivity index (χ2v) is 1.21. The van der Waals surface area contributed by atoms with Gasteiger partial charge in [0.25, 0.3) is 0 Å². The summed E-state index contributed by atoms with van der Waals surface area (Å²) in [5.74, 6) is 0.252. The van der Waals surface area contributed by atoms with Crippen LogP contribution in [-0.2, 0) is 0 Å². The van der Waals surface area contributed by atoms with Crippen LogP contribution in [0.25, 0.3) is 0 Å². The lowest BCUT2D eigenvalue weighted by Gasteiger charge is -1.76. The third kappa shape index (κ3) is 5.12. The molecule has 0 aliphatic heterocycles. The fourth-order valence-corrected chi connectivity index (χ4v) is 0.220. The normalized spacial score (nSPS) is 7.00. The molecule has 0 radical (unpaired) electrons. The van der Waals surface area contributed by atoms with Gasteiger partial charge in [-0.15, -0.1) is 0 Å². The monoisotopic (exact) mass is 98.1 g/mol. The zero-order chi connectivity index (χ0) is 5.70. The topological polar surface area (TPSA) is 52.0 Å². The van der Waals surface area contributed by atoms with Crippen LogP contribution in [0.3, 0.4) is 0 Å². The maximum Gasteiger partial charge on any atom is 0.138 e. The highest BCUT2D eigenvalue weighted by Crippen LogP contribution is 1.73. The third-order valence-electron chi connectivity index (χ3n) is 0.473. The minimum Gasteiger partial charge on any atom is -0.379 e. The van der Waals surface area contributed by atoms with Crippen LogP contribution >= 0.6 is 0 Å². The molecule has 0 aliphatic carbocycles. The second kappa shape index (κ2) is 3.32. The van der Waals surface area contributed by atoms with Crippen LogP contribution in [0.15, 0.2) is 17.6 Å². The molecule has 0 aromatic heterocycles. The van der Waals surface area contributed by atoms with E-state index in [9.17, 15) is 0 Å². The number of hydrogen-bond acceptors (Lipinski definition) is 2. The second-order valence-electron chi connectivity index (χ2n) is 1.21. The van der Waals surface area contributed by atoms with Gasteiger partial charge in [-0.25, -0.2) is 0 Å². The van der Waals surface area contributed by atoms with E-state index < -0.39 is 0 Å². The molecule has 0 heterocycles. The van der Waals surface area contributed by atoms with E-state index in [2.05, 4.69) is 5.73 Å². The molecular weight excluding hydrogens is 88.1 g/mol. The lowest BCUT2D eigenvalue weighted by atomic mass is 10.5. The molecule has 0 spiro atoms. The first-order valence-electron chi connectivity index (χ1n) is 2.23. The molecule has 0 aliphatic rings. The van der Waals surface area contributed by atoms with Gasteiger partial charge in [-0.1, -0.05) is 12.7 Å². The summed E-state index contributed by atoms with van der Waals surface area (Å²) in [5.41, 5.74) is 12.7. The minimum atomic E-state index is 0.252. The van der Waals surface area contributed by atoms with Crippen LogP contribution < -0.4 is 11.5 Å². The molecule has 0 amide bonds. The van der Waals surface area contributed by atoms with E-state index in [0.29, 0.717) is 0 Å². The third-order valence-corrected chi connectivity index (χ3v) is 0.473. The Hall–Kier alpha value is -0.880. The Morgan fingerprint density at radius 2 is 2.29 bits per heavy atom. The zero-order valence-electron chi connectivity index (χ0n) is 4.44.